The monoisotopic (exact) mass is 1300 g/mol. The zero-order chi connectivity index (χ0) is 65.0. The maximum atomic E-state index is 14.5. The molecule has 508 valence electrons. The van der Waals surface area contributed by atoms with Gasteiger partial charge in [0.1, 0.15) is 115 Å². The second-order valence-electron chi connectivity index (χ2n) is 27.6. The minimum absolute atomic E-state index is 0.0253. The van der Waals surface area contributed by atoms with Crippen molar-refractivity contribution in [1.82, 2.24) is 0 Å². The van der Waals surface area contributed by atoms with Crippen LogP contribution in [0.4, 0.5) is 0 Å². The van der Waals surface area contributed by atoms with E-state index in [1.54, 1.807) is 0 Å². The summed E-state index contributed by atoms with van der Waals surface area (Å²) < 4.78 is 112. The average Bonchev–Trinajstić information content (AvgIpc) is 1.53. The molecule has 29 nitrogen and oxygen atoms in total. The van der Waals surface area contributed by atoms with Gasteiger partial charge in [0.2, 0.25) is 0 Å². The van der Waals surface area contributed by atoms with E-state index in [0.717, 1.165) is 31.1 Å². The van der Waals surface area contributed by atoms with Crippen LogP contribution < -0.4 is 0 Å². The maximum Gasteiger partial charge on any atom is 0.397 e. The molecule has 10 aliphatic rings. The van der Waals surface area contributed by atoms with Gasteiger partial charge in [-0.05, 0) is 94.8 Å². The fourth-order valence-electron chi connectivity index (χ4n) is 17.2. The van der Waals surface area contributed by atoms with Crippen molar-refractivity contribution in [1.29, 1.82) is 0 Å². The van der Waals surface area contributed by atoms with Gasteiger partial charge in [-0.15, -0.1) is 6.58 Å². The van der Waals surface area contributed by atoms with Gasteiger partial charge in [-0.3, -0.25) is 14.1 Å². The number of hydrogen-bond acceptors (Lipinski definition) is 28. The Kier molecular flexibility index (Phi) is 20.3. The molecule has 0 bridgehead atoms. The molecule has 31 atom stereocenters. The number of rotatable bonds is 19. The number of carbonyl (C=O) groups is 2. The Bertz CT molecular complexity index is 2700. The number of allylic oxidation sites excluding steroid dienone is 3. The lowest BCUT2D eigenvalue weighted by Gasteiger charge is -2.63. The number of ether oxygens (including phenoxy) is 12. The Morgan fingerprint density at radius 3 is 1.91 bits per heavy atom. The molecule has 0 aromatic rings. The molecule has 30 heteroatoms. The molecule has 0 aromatic carbocycles. The molecule has 0 radical (unpaired) electrons. The van der Waals surface area contributed by atoms with Gasteiger partial charge in [0.25, 0.3) is 0 Å². The van der Waals surface area contributed by atoms with E-state index in [1.165, 1.54) is 6.92 Å². The maximum absolute atomic E-state index is 14.5. The summed E-state index contributed by atoms with van der Waals surface area (Å²) in [5, 5.41) is 122. The molecule has 9 fully saturated rings. The average molecular weight is 1300 g/mol. The predicted octanol–water partition coefficient (Wildman–Crippen LogP) is -1.92. The van der Waals surface area contributed by atoms with Crippen LogP contribution in [0.5, 0.6) is 0 Å². The largest absolute Gasteiger partial charge is 0.458 e. The molecule has 6 saturated heterocycles. The first kappa shape index (κ1) is 69.4. The summed E-state index contributed by atoms with van der Waals surface area (Å²) in [6, 6.07) is 0. The molecule has 0 aromatic heterocycles. The number of ketones is 1. The number of fused-ring (bicyclic) bond motifs is 4. The Morgan fingerprint density at radius 1 is 0.685 bits per heavy atom. The summed E-state index contributed by atoms with van der Waals surface area (Å²) in [5.74, 6) is -0.982. The van der Waals surface area contributed by atoms with E-state index in [1.807, 2.05) is 27.7 Å². The SMILES string of the molecule is C=C(C)CCC[C@]1(C)OC(=O)[C@]23CC[C@H]4C(=CC[C@@H]5C(C)(C)[C@@H](O[C@@H]6OC[C@@H](OS(=O)(=O)O)[C@H](O)[C@H]6O[C@@H]6O[C@H](C)[C@@H](O[C@@H]7O[C@H](CO)[C@@H](O)[C@H](O[C@@H]8O[C@H](CO)[C@@H](O)[C@H](OC)[C@H]8O)[C@H]7O)[C@H](O)[C@H]6O[C@@H]6OC[C@@H](O)[C@H](O)[C@H]6O)CC[C@@]54C)[C@]2(C)CC(=O)[C@@H]31. The summed E-state index contributed by atoms with van der Waals surface area (Å²) in [6.45, 7) is 14.7. The molecule has 89 heavy (non-hydrogen) atoms. The first-order valence-electron chi connectivity index (χ1n) is 30.8. The Labute approximate surface area is 516 Å². The van der Waals surface area contributed by atoms with Crippen LogP contribution in [-0.4, -0.2) is 267 Å². The number of aliphatic hydroxyl groups is 11. The number of methoxy groups -OCH3 is 1. The summed E-state index contributed by atoms with van der Waals surface area (Å²) in [5.41, 5.74) is -1.74. The van der Waals surface area contributed by atoms with Crippen LogP contribution >= 0.6 is 0 Å². The van der Waals surface area contributed by atoms with Crippen molar-refractivity contribution >= 4 is 22.2 Å². The van der Waals surface area contributed by atoms with Crippen LogP contribution in [0.15, 0.2) is 23.8 Å². The second-order valence-corrected chi connectivity index (χ2v) is 28.7. The van der Waals surface area contributed by atoms with E-state index < -0.39 is 212 Å². The minimum atomic E-state index is -5.27. The highest BCUT2D eigenvalue weighted by atomic mass is 32.3. The number of aliphatic hydroxyl groups excluding tert-OH is 11. The third-order valence-electron chi connectivity index (χ3n) is 21.8. The highest BCUT2D eigenvalue weighted by molar-refractivity contribution is 7.80. The lowest BCUT2D eigenvalue weighted by Crippen LogP contribution is -2.68. The molecule has 4 aliphatic carbocycles. The number of cyclic esters (lactones) is 1. The van der Waals surface area contributed by atoms with Crippen LogP contribution in [0.25, 0.3) is 0 Å². The normalized spacial score (nSPS) is 50.7. The Balaban J connectivity index is 0.908. The molecule has 1 spiro atoms. The minimum Gasteiger partial charge on any atom is -0.458 e. The highest BCUT2D eigenvalue weighted by Crippen LogP contribution is 2.75. The van der Waals surface area contributed by atoms with Gasteiger partial charge in [0, 0.05) is 18.9 Å². The predicted molar refractivity (Wildman–Crippen MR) is 298 cm³/mol. The highest BCUT2D eigenvalue weighted by Gasteiger charge is 2.79. The standard InChI is InChI=1S/C59H92O29S/c1-24(2)11-10-16-58(8)48-28(62)19-57(7)27-12-13-33-55(4,5)34(15-17-56(33,6)26(27)14-18-59(48,57)54(72)87-58)82-52-46(38(67)32(23-78-52)88-89(73,74)75)86-53-47(85-49-39(68)35(64)29(63)22-77-49)40(69)43(25(3)79-53)83-51-42(71)45(37(66)31(21-61)81-51)84-50-41(70)44(76-9)36(65)30(20-60)80-50/h12,25-26,29-53,60-61,63-71H,1,10-11,13-23H2,2-9H3,(H,73,74,75)/t25-,26+,29-,30-,31-,32-,33-,34+,35+,36-,37-,38+,39-,40+,41-,42-,43-,44+,45+,46-,47-,48-,49+,50+,51+,52+,53+,56-,57+,58+,59-/m1/s1. The smallest absolute Gasteiger partial charge is 0.397 e. The first-order valence-corrected chi connectivity index (χ1v) is 32.2. The van der Waals surface area contributed by atoms with Crippen molar-refractivity contribution in [2.45, 2.75) is 259 Å². The summed E-state index contributed by atoms with van der Waals surface area (Å²) >= 11 is 0. The van der Waals surface area contributed by atoms with Crippen molar-refractivity contribution in [2.75, 3.05) is 33.5 Å². The lowest BCUT2D eigenvalue weighted by molar-refractivity contribution is -0.403. The molecule has 3 saturated carbocycles. The molecule has 0 unspecified atom stereocenters. The van der Waals surface area contributed by atoms with Crippen LogP contribution in [0.2, 0.25) is 0 Å². The molecule has 6 heterocycles. The van der Waals surface area contributed by atoms with E-state index in [4.69, 9.17) is 61.0 Å². The lowest BCUT2D eigenvalue weighted by atomic mass is 9.41. The van der Waals surface area contributed by atoms with Crippen molar-refractivity contribution in [3.8, 4) is 0 Å². The number of carbonyl (C=O) groups excluding carboxylic acids is 2. The molecule has 10 rings (SSSR count). The first-order chi connectivity index (χ1) is 41.7. The van der Waals surface area contributed by atoms with Gasteiger partial charge in [0.15, 0.2) is 31.5 Å². The molecule has 12 N–H and O–H groups in total. The van der Waals surface area contributed by atoms with E-state index in [2.05, 4.69) is 26.5 Å². The van der Waals surface area contributed by atoms with Crippen molar-refractivity contribution in [3.05, 3.63) is 23.8 Å². The van der Waals surface area contributed by atoms with E-state index in [9.17, 15) is 78.7 Å². The fraction of sp³-hybridized carbons (Fsp3) is 0.898. The number of hydrogen-bond donors (Lipinski definition) is 12. The molecular formula is C59H92O29S. The quantitative estimate of drug-likeness (QED) is 0.0381. The Morgan fingerprint density at radius 2 is 1.28 bits per heavy atom. The number of esters is 1. The third kappa shape index (κ3) is 12.2. The zero-order valence-corrected chi connectivity index (χ0v) is 52.1. The zero-order valence-electron chi connectivity index (χ0n) is 51.3. The van der Waals surface area contributed by atoms with Gasteiger partial charge in [-0.1, -0.05) is 44.9 Å². The fourth-order valence-corrected chi connectivity index (χ4v) is 17.7. The Hall–Kier alpha value is -2.39. The van der Waals surface area contributed by atoms with Crippen molar-refractivity contribution < 1.29 is 140 Å². The van der Waals surface area contributed by atoms with Gasteiger partial charge in [-0.2, -0.15) is 8.42 Å². The van der Waals surface area contributed by atoms with E-state index in [0.29, 0.717) is 38.5 Å². The van der Waals surface area contributed by atoms with Crippen LogP contribution in [-0.2, 0) is 81.0 Å². The van der Waals surface area contributed by atoms with Gasteiger partial charge in [0.05, 0.1) is 50.0 Å². The third-order valence-corrected chi connectivity index (χ3v) is 22.3. The van der Waals surface area contributed by atoms with Crippen molar-refractivity contribution in [3.63, 3.8) is 0 Å². The van der Waals surface area contributed by atoms with Crippen molar-refractivity contribution in [2.24, 2.45) is 39.4 Å². The van der Waals surface area contributed by atoms with Gasteiger partial charge < -0.3 is 113 Å². The molecule has 0 amide bonds. The van der Waals surface area contributed by atoms with Gasteiger partial charge >= 0.3 is 16.4 Å². The summed E-state index contributed by atoms with van der Waals surface area (Å²) in [7, 11) is -4.11. The van der Waals surface area contributed by atoms with E-state index in [-0.39, 0.29) is 35.4 Å². The summed E-state index contributed by atoms with van der Waals surface area (Å²) in [4.78, 5) is 28.9. The molecule has 6 aliphatic heterocycles. The second kappa shape index (κ2) is 26.0. The van der Waals surface area contributed by atoms with Gasteiger partial charge in [-0.25, -0.2) is 4.18 Å². The molecular weight excluding hydrogens is 1200 g/mol. The summed E-state index contributed by atoms with van der Waals surface area (Å²) in [6.07, 6.45) is -34.4. The van der Waals surface area contributed by atoms with Crippen LogP contribution in [0.3, 0.4) is 0 Å². The van der Waals surface area contributed by atoms with E-state index >= 15 is 0 Å². The number of Topliss-reactive ketones (excluding diaryl/α,β-unsaturated/α-hetero) is 1. The van der Waals surface area contributed by atoms with Crippen LogP contribution in [0, 0.1) is 39.4 Å². The van der Waals surface area contributed by atoms with Crippen LogP contribution in [0.1, 0.15) is 106 Å². The topological polar surface area (TPSA) is 431 Å².